The monoisotopic (exact) mass is 269 g/mol. The molecule has 1 aromatic heterocycles. The Labute approximate surface area is 118 Å². The number of aryl methyl sites for hydroxylation is 2. The normalized spacial score (nSPS) is 13.8. The van der Waals surface area contributed by atoms with Gasteiger partial charge in [0, 0.05) is 5.69 Å². The Bertz CT molecular complexity index is 566. The van der Waals surface area contributed by atoms with Crippen LogP contribution in [0.2, 0.25) is 0 Å². The summed E-state index contributed by atoms with van der Waals surface area (Å²) in [4.78, 5) is 19.8. The van der Waals surface area contributed by atoms with Crippen molar-refractivity contribution >= 4 is 5.91 Å². The van der Waals surface area contributed by atoms with Crippen LogP contribution in [-0.2, 0) is 30.6 Å². The molecule has 0 spiro atoms. The molecular weight excluding hydrogens is 250 g/mol. The van der Waals surface area contributed by atoms with E-state index in [0.29, 0.717) is 13.0 Å². The third-order valence-electron chi connectivity index (χ3n) is 3.66. The summed E-state index contributed by atoms with van der Waals surface area (Å²) in [7, 11) is 0. The Morgan fingerprint density at radius 3 is 2.80 bits per heavy atom. The Hall–Kier alpha value is -2.10. The SMILES string of the molecule is O=C(Cc1ccccc1)NCc1nc2c([nH]1)CCCC2. The van der Waals surface area contributed by atoms with Crippen LogP contribution in [-0.4, -0.2) is 15.9 Å². The lowest BCUT2D eigenvalue weighted by Crippen LogP contribution is -2.25. The molecule has 1 heterocycles. The molecule has 4 nitrogen and oxygen atoms in total. The molecule has 0 saturated heterocycles. The molecule has 104 valence electrons. The van der Waals surface area contributed by atoms with Gasteiger partial charge in [0.15, 0.2) is 0 Å². The van der Waals surface area contributed by atoms with Gasteiger partial charge in [0.1, 0.15) is 5.82 Å². The summed E-state index contributed by atoms with van der Waals surface area (Å²) >= 11 is 0. The van der Waals surface area contributed by atoms with E-state index in [2.05, 4.69) is 15.3 Å². The predicted molar refractivity (Wildman–Crippen MR) is 77.2 cm³/mol. The van der Waals surface area contributed by atoms with Gasteiger partial charge in [-0.3, -0.25) is 4.79 Å². The molecule has 20 heavy (non-hydrogen) atoms. The van der Waals surface area contributed by atoms with Crippen LogP contribution in [0.15, 0.2) is 30.3 Å². The van der Waals surface area contributed by atoms with E-state index in [-0.39, 0.29) is 5.91 Å². The first-order valence-corrected chi connectivity index (χ1v) is 7.18. The molecule has 1 amide bonds. The topological polar surface area (TPSA) is 57.8 Å². The van der Waals surface area contributed by atoms with Crippen LogP contribution >= 0.6 is 0 Å². The summed E-state index contributed by atoms with van der Waals surface area (Å²) in [5.41, 5.74) is 3.47. The van der Waals surface area contributed by atoms with Crippen LogP contribution < -0.4 is 5.32 Å². The number of H-pyrrole nitrogens is 1. The van der Waals surface area contributed by atoms with E-state index in [9.17, 15) is 4.79 Å². The molecule has 2 N–H and O–H groups in total. The van der Waals surface area contributed by atoms with Crippen molar-refractivity contribution in [3.63, 3.8) is 0 Å². The molecule has 1 aliphatic carbocycles. The lowest BCUT2D eigenvalue weighted by Gasteiger charge is -2.07. The number of aromatic nitrogens is 2. The number of hydrogen-bond acceptors (Lipinski definition) is 2. The van der Waals surface area contributed by atoms with E-state index in [1.54, 1.807) is 0 Å². The van der Waals surface area contributed by atoms with Crippen molar-refractivity contribution in [3.05, 3.63) is 53.1 Å². The number of benzene rings is 1. The summed E-state index contributed by atoms with van der Waals surface area (Å²) < 4.78 is 0. The second-order valence-electron chi connectivity index (χ2n) is 5.25. The molecule has 0 saturated carbocycles. The average molecular weight is 269 g/mol. The van der Waals surface area contributed by atoms with Gasteiger partial charge < -0.3 is 10.3 Å². The van der Waals surface area contributed by atoms with Gasteiger partial charge in [0.05, 0.1) is 18.7 Å². The fourth-order valence-corrected chi connectivity index (χ4v) is 2.62. The second kappa shape index (κ2) is 5.90. The Balaban J connectivity index is 1.54. The summed E-state index contributed by atoms with van der Waals surface area (Å²) in [6.07, 6.45) is 5.01. The highest BCUT2D eigenvalue weighted by molar-refractivity contribution is 5.78. The first kappa shape index (κ1) is 12.9. The van der Waals surface area contributed by atoms with Crippen molar-refractivity contribution in [3.8, 4) is 0 Å². The van der Waals surface area contributed by atoms with Gasteiger partial charge in [-0.15, -0.1) is 0 Å². The molecule has 0 aliphatic heterocycles. The number of nitrogens with zero attached hydrogens (tertiary/aromatic N) is 1. The molecule has 4 heteroatoms. The molecular formula is C16H19N3O. The van der Waals surface area contributed by atoms with E-state index in [4.69, 9.17) is 0 Å². The molecule has 1 aliphatic rings. The van der Waals surface area contributed by atoms with Crippen molar-refractivity contribution in [2.75, 3.05) is 0 Å². The zero-order valence-electron chi connectivity index (χ0n) is 11.5. The third-order valence-corrected chi connectivity index (χ3v) is 3.66. The van der Waals surface area contributed by atoms with Crippen LogP contribution in [0.4, 0.5) is 0 Å². The van der Waals surface area contributed by atoms with Gasteiger partial charge in [-0.25, -0.2) is 4.98 Å². The van der Waals surface area contributed by atoms with Crippen molar-refractivity contribution in [2.45, 2.75) is 38.6 Å². The maximum atomic E-state index is 11.9. The Morgan fingerprint density at radius 2 is 2.00 bits per heavy atom. The number of hydrogen-bond donors (Lipinski definition) is 2. The lowest BCUT2D eigenvalue weighted by molar-refractivity contribution is -0.120. The number of imidazole rings is 1. The predicted octanol–water partition coefficient (Wildman–Crippen LogP) is 2.15. The van der Waals surface area contributed by atoms with Gasteiger partial charge >= 0.3 is 0 Å². The number of aromatic amines is 1. The molecule has 1 aromatic carbocycles. The number of carbonyl (C=O) groups excluding carboxylic acids is 1. The number of nitrogens with one attached hydrogen (secondary N) is 2. The number of fused-ring (bicyclic) bond motifs is 1. The van der Waals surface area contributed by atoms with Gasteiger partial charge in [-0.05, 0) is 31.2 Å². The maximum absolute atomic E-state index is 11.9. The van der Waals surface area contributed by atoms with E-state index in [0.717, 1.165) is 24.2 Å². The maximum Gasteiger partial charge on any atom is 0.224 e. The highest BCUT2D eigenvalue weighted by atomic mass is 16.1. The fraction of sp³-hybridized carbons (Fsp3) is 0.375. The van der Waals surface area contributed by atoms with Crippen molar-refractivity contribution in [2.24, 2.45) is 0 Å². The molecule has 0 bridgehead atoms. The van der Waals surface area contributed by atoms with Crippen molar-refractivity contribution < 1.29 is 4.79 Å². The summed E-state index contributed by atoms with van der Waals surface area (Å²) in [6, 6.07) is 9.78. The number of carbonyl (C=O) groups is 1. The largest absolute Gasteiger partial charge is 0.349 e. The average Bonchev–Trinajstić information content (AvgIpc) is 2.89. The molecule has 0 atom stereocenters. The van der Waals surface area contributed by atoms with Crippen molar-refractivity contribution in [1.82, 2.24) is 15.3 Å². The number of rotatable bonds is 4. The molecule has 0 unspecified atom stereocenters. The minimum absolute atomic E-state index is 0.0329. The van der Waals surface area contributed by atoms with E-state index in [1.165, 1.54) is 24.2 Å². The van der Waals surface area contributed by atoms with Gasteiger partial charge in [-0.1, -0.05) is 30.3 Å². The zero-order chi connectivity index (χ0) is 13.8. The highest BCUT2D eigenvalue weighted by Gasteiger charge is 2.14. The van der Waals surface area contributed by atoms with Gasteiger partial charge in [-0.2, -0.15) is 0 Å². The second-order valence-corrected chi connectivity index (χ2v) is 5.25. The summed E-state index contributed by atoms with van der Waals surface area (Å²) in [6.45, 7) is 0.485. The van der Waals surface area contributed by atoms with Crippen LogP contribution in [0.1, 0.15) is 35.6 Å². The number of amides is 1. The lowest BCUT2D eigenvalue weighted by atomic mass is 10.0. The van der Waals surface area contributed by atoms with Crippen molar-refractivity contribution in [1.29, 1.82) is 0 Å². The van der Waals surface area contributed by atoms with Gasteiger partial charge in [0.2, 0.25) is 5.91 Å². The van der Waals surface area contributed by atoms with Crippen LogP contribution in [0.25, 0.3) is 0 Å². The van der Waals surface area contributed by atoms with Crippen LogP contribution in [0, 0.1) is 0 Å². The van der Waals surface area contributed by atoms with E-state index < -0.39 is 0 Å². The van der Waals surface area contributed by atoms with Gasteiger partial charge in [0.25, 0.3) is 0 Å². The zero-order valence-corrected chi connectivity index (χ0v) is 11.5. The fourth-order valence-electron chi connectivity index (χ4n) is 2.62. The minimum atomic E-state index is 0.0329. The Morgan fingerprint density at radius 1 is 1.20 bits per heavy atom. The summed E-state index contributed by atoms with van der Waals surface area (Å²) in [5.74, 6) is 0.906. The van der Waals surface area contributed by atoms with Crippen LogP contribution in [0.5, 0.6) is 0 Å². The first-order chi connectivity index (χ1) is 9.81. The Kier molecular flexibility index (Phi) is 3.81. The molecule has 0 fully saturated rings. The van der Waals surface area contributed by atoms with E-state index in [1.807, 2.05) is 30.3 Å². The van der Waals surface area contributed by atoms with E-state index >= 15 is 0 Å². The minimum Gasteiger partial charge on any atom is -0.349 e. The summed E-state index contributed by atoms with van der Waals surface area (Å²) in [5, 5.41) is 2.92. The quantitative estimate of drug-likeness (QED) is 0.893. The molecule has 3 rings (SSSR count). The molecule has 0 radical (unpaired) electrons. The highest BCUT2D eigenvalue weighted by Crippen LogP contribution is 2.18. The first-order valence-electron chi connectivity index (χ1n) is 7.18. The third kappa shape index (κ3) is 3.07. The smallest absolute Gasteiger partial charge is 0.224 e. The standard InChI is InChI=1S/C16H19N3O/c20-16(10-12-6-2-1-3-7-12)17-11-15-18-13-8-4-5-9-14(13)19-15/h1-3,6-7H,4-5,8-11H2,(H,17,20)(H,18,19). The molecule has 2 aromatic rings. The van der Waals surface area contributed by atoms with Crippen LogP contribution in [0.3, 0.4) is 0 Å².